The Morgan fingerprint density at radius 2 is 1.46 bits per heavy atom. The van der Waals surface area contributed by atoms with Crippen molar-refractivity contribution in [2.45, 2.75) is 61.9 Å². The van der Waals surface area contributed by atoms with E-state index in [1.165, 1.54) is 30.7 Å². The summed E-state index contributed by atoms with van der Waals surface area (Å²) in [6.07, 6.45) is 2.91. The molecule has 0 aromatic heterocycles. The van der Waals surface area contributed by atoms with Crippen LogP contribution in [-0.4, -0.2) is 53.5 Å². The molecule has 3 rings (SSSR count). The molecule has 0 amide bonds. The second-order valence-electron chi connectivity index (χ2n) is 8.55. The second-order valence-corrected chi connectivity index (χ2v) is 12.0. The molecule has 2 fully saturated rings. The highest BCUT2D eigenvalue weighted by atomic mass is 32.2. The lowest BCUT2D eigenvalue weighted by Gasteiger charge is -2.36. The molecule has 1 heterocycles. The molecule has 1 saturated heterocycles. The molecular formula is C19H31N3O4S2. The Bertz CT molecular complexity index is 870. The van der Waals surface area contributed by atoms with E-state index in [-0.39, 0.29) is 21.9 Å². The van der Waals surface area contributed by atoms with Crippen molar-refractivity contribution in [2.24, 2.45) is 11.8 Å². The van der Waals surface area contributed by atoms with Crippen molar-refractivity contribution in [3.63, 3.8) is 0 Å². The number of benzene rings is 1. The summed E-state index contributed by atoms with van der Waals surface area (Å²) in [7, 11) is -7.29. The maximum absolute atomic E-state index is 12.7. The molecule has 2 N–H and O–H groups in total. The molecule has 1 aromatic carbocycles. The SMILES string of the molecule is C[C@@H]1C[C@H](C)CN(C[C@@H](C)NS(=O)(=O)c2ccc(S(=O)(=O)NC3CC3)cc2)C1. The van der Waals surface area contributed by atoms with Gasteiger partial charge in [-0.3, -0.25) is 0 Å². The molecule has 0 bridgehead atoms. The predicted octanol–water partition coefficient (Wildman–Crippen LogP) is 1.77. The first-order valence-electron chi connectivity index (χ1n) is 9.92. The van der Waals surface area contributed by atoms with Gasteiger partial charge in [-0.2, -0.15) is 0 Å². The van der Waals surface area contributed by atoms with Crippen molar-refractivity contribution in [1.82, 2.24) is 14.3 Å². The molecule has 7 nitrogen and oxygen atoms in total. The Labute approximate surface area is 169 Å². The Morgan fingerprint density at radius 1 is 0.964 bits per heavy atom. The lowest BCUT2D eigenvalue weighted by Crippen LogP contribution is -2.46. The third kappa shape index (κ3) is 5.76. The van der Waals surface area contributed by atoms with Crippen LogP contribution in [-0.2, 0) is 20.0 Å². The standard InChI is InChI=1S/C19H31N3O4S2/c1-14-10-15(2)12-22(11-14)13-16(3)20-27(23,24)18-6-8-19(9-7-18)28(25,26)21-17-4-5-17/h6-9,14-17,20-21H,4-5,10-13H2,1-3H3/t14-,15+,16-/m1/s1. The molecule has 1 saturated carbocycles. The summed E-state index contributed by atoms with van der Waals surface area (Å²) in [6.45, 7) is 8.94. The monoisotopic (exact) mass is 429 g/mol. The minimum absolute atomic E-state index is 0.0103. The first-order valence-corrected chi connectivity index (χ1v) is 12.9. The van der Waals surface area contributed by atoms with Crippen molar-refractivity contribution in [3.05, 3.63) is 24.3 Å². The van der Waals surface area contributed by atoms with Crippen molar-refractivity contribution in [1.29, 1.82) is 0 Å². The zero-order chi connectivity index (χ0) is 20.5. The molecule has 1 aromatic rings. The Morgan fingerprint density at radius 3 is 1.96 bits per heavy atom. The number of sulfonamides is 2. The fraction of sp³-hybridized carbons (Fsp3) is 0.684. The van der Waals surface area contributed by atoms with E-state index in [4.69, 9.17) is 0 Å². The number of likely N-dealkylation sites (tertiary alicyclic amines) is 1. The fourth-order valence-corrected chi connectivity index (χ4v) is 6.52. The number of piperidine rings is 1. The third-order valence-corrected chi connectivity index (χ3v) is 8.32. The van der Waals surface area contributed by atoms with Gasteiger partial charge in [-0.05, 0) is 62.3 Å². The molecule has 3 atom stereocenters. The van der Waals surface area contributed by atoms with E-state index in [0.29, 0.717) is 18.4 Å². The van der Waals surface area contributed by atoms with Gasteiger partial charge < -0.3 is 4.90 Å². The van der Waals surface area contributed by atoms with Crippen LogP contribution in [0.25, 0.3) is 0 Å². The van der Waals surface area contributed by atoms with Gasteiger partial charge in [-0.15, -0.1) is 0 Å². The van der Waals surface area contributed by atoms with Crippen LogP contribution in [0.4, 0.5) is 0 Å². The summed E-state index contributed by atoms with van der Waals surface area (Å²) in [5.74, 6) is 1.23. The highest BCUT2D eigenvalue weighted by Crippen LogP contribution is 2.23. The van der Waals surface area contributed by atoms with Gasteiger partial charge in [-0.1, -0.05) is 13.8 Å². The maximum atomic E-state index is 12.7. The van der Waals surface area contributed by atoms with Gasteiger partial charge in [0.2, 0.25) is 20.0 Å². The van der Waals surface area contributed by atoms with Gasteiger partial charge in [0.1, 0.15) is 0 Å². The van der Waals surface area contributed by atoms with Crippen LogP contribution in [0, 0.1) is 11.8 Å². The van der Waals surface area contributed by atoms with Crippen molar-refractivity contribution in [3.8, 4) is 0 Å². The predicted molar refractivity (Wildman–Crippen MR) is 109 cm³/mol. The highest BCUT2D eigenvalue weighted by Gasteiger charge is 2.29. The molecular weight excluding hydrogens is 398 g/mol. The minimum Gasteiger partial charge on any atom is -0.301 e. The Hall–Kier alpha value is -1.00. The van der Waals surface area contributed by atoms with E-state index in [1.807, 2.05) is 6.92 Å². The third-order valence-electron chi connectivity index (χ3n) is 5.18. The molecule has 1 aliphatic carbocycles. The maximum Gasteiger partial charge on any atom is 0.240 e. The smallest absolute Gasteiger partial charge is 0.240 e. The molecule has 0 radical (unpaired) electrons. The van der Waals surface area contributed by atoms with Crippen LogP contribution in [0.3, 0.4) is 0 Å². The molecule has 1 aliphatic heterocycles. The molecule has 9 heteroatoms. The first-order chi connectivity index (χ1) is 13.0. The van der Waals surface area contributed by atoms with Crippen molar-refractivity contribution < 1.29 is 16.8 Å². The molecule has 158 valence electrons. The summed E-state index contributed by atoms with van der Waals surface area (Å²) in [6, 6.07) is 5.16. The number of nitrogens with zero attached hydrogens (tertiary/aromatic N) is 1. The number of nitrogens with one attached hydrogen (secondary N) is 2. The average Bonchev–Trinajstić information content (AvgIpc) is 3.36. The number of hydrogen-bond acceptors (Lipinski definition) is 5. The van der Waals surface area contributed by atoms with Gasteiger partial charge in [0, 0.05) is 31.7 Å². The molecule has 0 unspecified atom stereocenters. The lowest BCUT2D eigenvalue weighted by molar-refractivity contribution is 0.134. The van der Waals surface area contributed by atoms with Crippen molar-refractivity contribution in [2.75, 3.05) is 19.6 Å². The quantitative estimate of drug-likeness (QED) is 0.657. The first kappa shape index (κ1) is 21.7. The fourth-order valence-electron chi connectivity index (χ4n) is 3.99. The van der Waals surface area contributed by atoms with Crippen LogP contribution < -0.4 is 9.44 Å². The van der Waals surface area contributed by atoms with E-state index in [0.717, 1.165) is 25.9 Å². The van der Waals surface area contributed by atoms with Crippen LogP contribution >= 0.6 is 0 Å². The van der Waals surface area contributed by atoms with Gasteiger partial charge in [-0.25, -0.2) is 26.3 Å². The van der Waals surface area contributed by atoms with E-state index >= 15 is 0 Å². The summed E-state index contributed by atoms with van der Waals surface area (Å²) in [5.41, 5.74) is 0. The lowest BCUT2D eigenvalue weighted by atomic mass is 9.92. The van der Waals surface area contributed by atoms with Gasteiger partial charge in [0.05, 0.1) is 9.79 Å². The normalized spacial score (nSPS) is 25.5. The molecule has 2 aliphatic rings. The summed E-state index contributed by atoms with van der Waals surface area (Å²) in [5, 5.41) is 0. The Kier molecular flexibility index (Phi) is 6.51. The Balaban J connectivity index is 1.62. The second kappa shape index (κ2) is 8.39. The summed E-state index contributed by atoms with van der Waals surface area (Å²) >= 11 is 0. The zero-order valence-corrected chi connectivity index (χ0v) is 18.4. The van der Waals surface area contributed by atoms with Crippen LogP contribution in [0.1, 0.15) is 40.0 Å². The van der Waals surface area contributed by atoms with Crippen LogP contribution in [0.5, 0.6) is 0 Å². The highest BCUT2D eigenvalue weighted by molar-refractivity contribution is 7.90. The van der Waals surface area contributed by atoms with Crippen molar-refractivity contribution >= 4 is 20.0 Å². The van der Waals surface area contributed by atoms with Gasteiger partial charge in [0.15, 0.2) is 0 Å². The van der Waals surface area contributed by atoms with Gasteiger partial charge >= 0.3 is 0 Å². The zero-order valence-electron chi connectivity index (χ0n) is 16.8. The van der Waals surface area contributed by atoms with Crippen LogP contribution in [0.15, 0.2) is 34.1 Å². The summed E-state index contributed by atoms with van der Waals surface area (Å²) in [4.78, 5) is 2.47. The van der Waals surface area contributed by atoms with E-state index in [2.05, 4.69) is 28.2 Å². The number of hydrogen-bond donors (Lipinski definition) is 2. The van der Waals surface area contributed by atoms with Crippen LogP contribution in [0.2, 0.25) is 0 Å². The molecule has 28 heavy (non-hydrogen) atoms. The van der Waals surface area contributed by atoms with E-state index in [9.17, 15) is 16.8 Å². The van der Waals surface area contributed by atoms with Gasteiger partial charge in [0.25, 0.3) is 0 Å². The largest absolute Gasteiger partial charge is 0.301 e. The van der Waals surface area contributed by atoms with E-state index < -0.39 is 20.0 Å². The minimum atomic E-state index is -3.70. The average molecular weight is 430 g/mol. The topological polar surface area (TPSA) is 95.6 Å². The van der Waals surface area contributed by atoms with E-state index in [1.54, 1.807) is 0 Å². The number of rotatable bonds is 8. The molecule has 0 spiro atoms. The summed E-state index contributed by atoms with van der Waals surface area (Å²) < 4.78 is 55.1.